The molecule has 2 nitrogen and oxygen atoms in total. The topological polar surface area (TPSA) is 7.60 Å². The standard InChI is InChI=1S/C16H22N2/c1-16(2,3)12-13-7-8-15(14(11-13)17-4)18-9-5-6-10-18/h7-8,11H,5-6,9-10,12H2,1-3H3. The molecule has 1 saturated heterocycles. The highest BCUT2D eigenvalue weighted by Crippen LogP contribution is 2.33. The molecule has 1 aliphatic heterocycles. The Morgan fingerprint density at radius 1 is 1.22 bits per heavy atom. The highest BCUT2D eigenvalue weighted by molar-refractivity contribution is 5.72. The van der Waals surface area contributed by atoms with E-state index in [-0.39, 0.29) is 5.41 Å². The molecule has 0 N–H and O–H groups in total. The molecule has 1 aliphatic rings. The van der Waals surface area contributed by atoms with Crippen LogP contribution in [0.2, 0.25) is 0 Å². The lowest BCUT2D eigenvalue weighted by molar-refractivity contribution is 0.411. The van der Waals surface area contributed by atoms with E-state index in [9.17, 15) is 0 Å². The second-order valence-corrected chi connectivity index (χ2v) is 6.37. The van der Waals surface area contributed by atoms with Gasteiger partial charge in [0.05, 0.1) is 6.57 Å². The second kappa shape index (κ2) is 5.02. The molecule has 0 spiro atoms. The molecule has 1 aromatic carbocycles. The van der Waals surface area contributed by atoms with Gasteiger partial charge in [-0.25, -0.2) is 4.85 Å². The number of nitrogens with zero attached hydrogens (tertiary/aromatic N) is 2. The van der Waals surface area contributed by atoms with Gasteiger partial charge in [-0.1, -0.05) is 38.5 Å². The van der Waals surface area contributed by atoms with Gasteiger partial charge in [-0.15, -0.1) is 0 Å². The number of hydrogen-bond acceptors (Lipinski definition) is 1. The fraction of sp³-hybridized carbons (Fsp3) is 0.562. The SMILES string of the molecule is [C-]#[N+]c1cc(CC(C)(C)C)ccc1N1CCCC1. The minimum Gasteiger partial charge on any atom is -0.380 e. The van der Waals surface area contributed by atoms with Gasteiger partial charge in [-0.2, -0.15) is 0 Å². The third-order valence-corrected chi connectivity index (χ3v) is 3.34. The summed E-state index contributed by atoms with van der Waals surface area (Å²) >= 11 is 0. The third-order valence-electron chi connectivity index (χ3n) is 3.34. The fourth-order valence-corrected chi connectivity index (χ4v) is 2.61. The summed E-state index contributed by atoms with van der Waals surface area (Å²) < 4.78 is 0. The molecule has 0 amide bonds. The van der Waals surface area contributed by atoms with Crippen LogP contribution in [0.4, 0.5) is 11.4 Å². The van der Waals surface area contributed by atoms with E-state index in [0.717, 1.165) is 30.9 Å². The van der Waals surface area contributed by atoms with Crippen LogP contribution in [-0.2, 0) is 6.42 Å². The lowest BCUT2D eigenvalue weighted by Crippen LogP contribution is -2.17. The molecular formula is C16H22N2. The van der Waals surface area contributed by atoms with Crippen LogP contribution in [0.3, 0.4) is 0 Å². The fourth-order valence-electron chi connectivity index (χ4n) is 2.61. The molecule has 96 valence electrons. The Bertz CT molecular complexity index is 457. The molecule has 1 fully saturated rings. The molecular weight excluding hydrogens is 220 g/mol. The number of anilines is 1. The van der Waals surface area contributed by atoms with Crippen molar-refractivity contribution in [3.05, 3.63) is 35.2 Å². The molecule has 1 heterocycles. The smallest absolute Gasteiger partial charge is 0.210 e. The largest absolute Gasteiger partial charge is 0.380 e. The van der Waals surface area contributed by atoms with Crippen molar-refractivity contribution in [2.24, 2.45) is 5.41 Å². The zero-order valence-electron chi connectivity index (χ0n) is 11.7. The highest BCUT2D eigenvalue weighted by Gasteiger charge is 2.17. The third kappa shape index (κ3) is 3.04. The highest BCUT2D eigenvalue weighted by atomic mass is 15.2. The molecule has 0 atom stereocenters. The van der Waals surface area contributed by atoms with E-state index in [1.165, 1.54) is 18.4 Å². The minimum absolute atomic E-state index is 0.272. The van der Waals surface area contributed by atoms with Crippen molar-refractivity contribution in [2.75, 3.05) is 18.0 Å². The van der Waals surface area contributed by atoms with Crippen molar-refractivity contribution >= 4 is 11.4 Å². The van der Waals surface area contributed by atoms with E-state index >= 15 is 0 Å². The number of rotatable bonds is 2. The first kappa shape index (κ1) is 13.0. The maximum absolute atomic E-state index is 7.37. The van der Waals surface area contributed by atoms with Gasteiger partial charge in [-0.05, 0) is 30.7 Å². The molecule has 18 heavy (non-hydrogen) atoms. The summed E-state index contributed by atoms with van der Waals surface area (Å²) in [6.45, 7) is 16.3. The normalized spacial score (nSPS) is 15.8. The van der Waals surface area contributed by atoms with Crippen molar-refractivity contribution in [2.45, 2.75) is 40.0 Å². The molecule has 2 rings (SSSR count). The van der Waals surface area contributed by atoms with Crippen molar-refractivity contribution in [1.82, 2.24) is 0 Å². The predicted molar refractivity (Wildman–Crippen MR) is 77.3 cm³/mol. The Labute approximate surface area is 110 Å². The zero-order valence-corrected chi connectivity index (χ0v) is 11.7. The Morgan fingerprint density at radius 3 is 2.44 bits per heavy atom. The summed E-state index contributed by atoms with van der Waals surface area (Å²) in [5, 5.41) is 0. The molecule has 0 unspecified atom stereocenters. The Hall–Kier alpha value is -1.49. The van der Waals surface area contributed by atoms with Crippen LogP contribution in [-0.4, -0.2) is 13.1 Å². The van der Waals surface area contributed by atoms with Gasteiger partial charge in [0.15, 0.2) is 0 Å². The summed E-state index contributed by atoms with van der Waals surface area (Å²) in [7, 11) is 0. The Balaban J connectivity index is 2.26. The summed E-state index contributed by atoms with van der Waals surface area (Å²) in [4.78, 5) is 6.06. The number of benzene rings is 1. The van der Waals surface area contributed by atoms with Gasteiger partial charge in [0.25, 0.3) is 0 Å². The average molecular weight is 242 g/mol. The van der Waals surface area contributed by atoms with Crippen LogP contribution >= 0.6 is 0 Å². The summed E-state index contributed by atoms with van der Waals surface area (Å²) in [5.41, 5.74) is 3.49. The van der Waals surface area contributed by atoms with Crippen LogP contribution in [0.15, 0.2) is 18.2 Å². The Kier molecular flexibility index (Phi) is 3.61. The van der Waals surface area contributed by atoms with Crippen LogP contribution in [0.5, 0.6) is 0 Å². The van der Waals surface area contributed by atoms with Gasteiger partial charge in [0.2, 0.25) is 5.69 Å². The van der Waals surface area contributed by atoms with E-state index in [0.29, 0.717) is 0 Å². The van der Waals surface area contributed by atoms with Crippen molar-refractivity contribution in [3.63, 3.8) is 0 Å². The van der Waals surface area contributed by atoms with Crippen LogP contribution in [0.25, 0.3) is 4.85 Å². The quantitative estimate of drug-likeness (QED) is 0.696. The summed E-state index contributed by atoms with van der Waals surface area (Å²) in [5.74, 6) is 0. The first-order valence-electron chi connectivity index (χ1n) is 6.75. The second-order valence-electron chi connectivity index (χ2n) is 6.37. The maximum Gasteiger partial charge on any atom is 0.210 e. The lowest BCUT2D eigenvalue weighted by atomic mass is 9.88. The predicted octanol–water partition coefficient (Wildman–Crippen LogP) is 4.43. The van der Waals surface area contributed by atoms with E-state index in [2.05, 4.69) is 48.7 Å². The van der Waals surface area contributed by atoms with E-state index in [1.807, 2.05) is 0 Å². The molecule has 0 radical (unpaired) electrons. The van der Waals surface area contributed by atoms with Gasteiger partial charge in [0, 0.05) is 18.8 Å². The first-order valence-corrected chi connectivity index (χ1v) is 6.75. The monoisotopic (exact) mass is 242 g/mol. The molecule has 0 bridgehead atoms. The first-order chi connectivity index (χ1) is 8.49. The number of hydrogen-bond donors (Lipinski definition) is 0. The molecule has 0 aromatic heterocycles. The maximum atomic E-state index is 7.37. The van der Waals surface area contributed by atoms with E-state index in [1.54, 1.807) is 0 Å². The molecule has 0 aliphatic carbocycles. The summed E-state index contributed by atoms with van der Waals surface area (Å²) in [6, 6.07) is 6.40. The van der Waals surface area contributed by atoms with Gasteiger partial charge in [0.1, 0.15) is 0 Å². The molecule has 1 aromatic rings. The van der Waals surface area contributed by atoms with Crippen LogP contribution in [0, 0.1) is 12.0 Å². The van der Waals surface area contributed by atoms with Crippen molar-refractivity contribution < 1.29 is 0 Å². The van der Waals surface area contributed by atoms with Crippen LogP contribution in [0.1, 0.15) is 39.2 Å². The summed E-state index contributed by atoms with van der Waals surface area (Å²) in [6.07, 6.45) is 3.53. The van der Waals surface area contributed by atoms with Crippen molar-refractivity contribution in [3.8, 4) is 0 Å². The van der Waals surface area contributed by atoms with Gasteiger partial charge >= 0.3 is 0 Å². The van der Waals surface area contributed by atoms with Gasteiger partial charge in [-0.3, -0.25) is 0 Å². The zero-order chi connectivity index (χ0) is 13.2. The average Bonchev–Trinajstić information content (AvgIpc) is 2.80. The lowest BCUT2D eigenvalue weighted by Gasteiger charge is -2.22. The van der Waals surface area contributed by atoms with Crippen LogP contribution < -0.4 is 4.90 Å². The molecule has 2 heteroatoms. The Morgan fingerprint density at radius 2 is 1.89 bits per heavy atom. The minimum atomic E-state index is 0.272. The molecule has 0 saturated carbocycles. The van der Waals surface area contributed by atoms with E-state index in [4.69, 9.17) is 6.57 Å². The van der Waals surface area contributed by atoms with Crippen molar-refractivity contribution in [1.29, 1.82) is 0 Å². The van der Waals surface area contributed by atoms with Gasteiger partial charge < -0.3 is 4.90 Å². The van der Waals surface area contributed by atoms with E-state index < -0.39 is 0 Å².